The Balaban J connectivity index is 1.78. The van der Waals surface area contributed by atoms with E-state index in [1.807, 2.05) is 74.5 Å². The highest BCUT2D eigenvalue weighted by atomic mass is 35.5. The predicted octanol–water partition coefficient (Wildman–Crippen LogP) is 6.68. The van der Waals surface area contributed by atoms with E-state index in [4.69, 9.17) is 21.1 Å². The number of hydrogen-bond donors (Lipinski definition) is 1. The van der Waals surface area contributed by atoms with Gasteiger partial charge in [-0.15, -0.1) is 11.8 Å². The van der Waals surface area contributed by atoms with Crippen molar-refractivity contribution in [3.63, 3.8) is 0 Å². The number of benzene rings is 3. The first kappa shape index (κ1) is 22.1. The van der Waals surface area contributed by atoms with E-state index in [2.05, 4.69) is 5.32 Å². The van der Waals surface area contributed by atoms with Crippen LogP contribution in [0.15, 0.2) is 71.6 Å². The molecule has 0 spiro atoms. The molecule has 4 nitrogen and oxygen atoms in total. The van der Waals surface area contributed by atoms with Gasteiger partial charge in [0.15, 0.2) is 0 Å². The Bertz CT molecular complexity index is 992. The molecule has 3 rings (SSSR count). The third kappa shape index (κ3) is 5.94. The third-order valence-corrected chi connectivity index (χ3v) is 5.58. The van der Waals surface area contributed by atoms with Gasteiger partial charge in [0.25, 0.3) is 5.91 Å². The molecule has 3 aromatic carbocycles. The maximum absolute atomic E-state index is 12.9. The van der Waals surface area contributed by atoms with Gasteiger partial charge >= 0.3 is 0 Å². The first-order valence-corrected chi connectivity index (χ1v) is 11.1. The number of amides is 1. The molecule has 1 amide bonds. The zero-order valence-corrected chi connectivity index (χ0v) is 18.6. The lowest BCUT2D eigenvalue weighted by atomic mass is 10.1. The molecular weight excluding hydrogens is 418 g/mol. The molecule has 0 unspecified atom stereocenters. The van der Waals surface area contributed by atoms with E-state index >= 15 is 0 Å². The van der Waals surface area contributed by atoms with E-state index in [1.165, 1.54) is 0 Å². The molecule has 0 saturated carbocycles. The SMILES string of the molecule is CCOc1ccc(C(=O)Nc2ccccc2OCC)cc1CSc1ccc(Cl)cc1. The molecule has 156 valence electrons. The summed E-state index contributed by atoms with van der Waals surface area (Å²) in [4.78, 5) is 14.0. The van der Waals surface area contributed by atoms with Crippen molar-refractivity contribution in [2.24, 2.45) is 0 Å². The summed E-state index contributed by atoms with van der Waals surface area (Å²) in [6, 6.07) is 20.6. The molecule has 3 aromatic rings. The Morgan fingerprint density at radius 1 is 0.933 bits per heavy atom. The van der Waals surface area contributed by atoms with Crippen molar-refractivity contribution in [2.75, 3.05) is 18.5 Å². The van der Waals surface area contributed by atoms with Crippen molar-refractivity contribution in [1.29, 1.82) is 0 Å². The molecule has 0 atom stereocenters. The Hall–Kier alpha value is -2.63. The van der Waals surface area contributed by atoms with Crippen LogP contribution in [0.2, 0.25) is 5.02 Å². The van der Waals surface area contributed by atoms with Gasteiger partial charge in [0, 0.05) is 26.8 Å². The van der Waals surface area contributed by atoms with Gasteiger partial charge in [-0.05, 0) is 68.4 Å². The number of thioether (sulfide) groups is 1. The molecule has 0 bridgehead atoms. The molecule has 6 heteroatoms. The van der Waals surface area contributed by atoms with Crippen molar-refractivity contribution in [3.8, 4) is 11.5 Å². The number of hydrogen-bond acceptors (Lipinski definition) is 4. The van der Waals surface area contributed by atoms with E-state index < -0.39 is 0 Å². The smallest absolute Gasteiger partial charge is 0.255 e. The van der Waals surface area contributed by atoms with Gasteiger partial charge in [0.05, 0.1) is 18.9 Å². The van der Waals surface area contributed by atoms with E-state index in [-0.39, 0.29) is 5.91 Å². The summed E-state index contributed by atoms with van der Waals surface area (Å²) in [7, 11) is 0. The van der Waals surface area contributed by atoms with Crippen LogP contribution >= 0.6 is 23.4 Å². The second-order valence-electron chi connectivity index (χ2n) is 6.38. The lowest BCUT2D eigenvalue weighted by molar-refractivity contribution is 0.102. The lowest BCUT2D eigenvalue weighted by Gasteiger charge is -2.14. The van der Waals surface area contributed by atoms with E-state index in [0.717, 1.165) is 16.2 Å². The van der Waals surface area contributed by atoms with E-state index in [0.29, 0.717) is 41.0 Å². The van der Waals surface area contributed by atoms with Gasteiger partial charge in [-0.2, -0.15) is 0 Å². The maximum Gasteiger partial charge on any atom is 0.255 e. The van der Waals surface area contributed by atoms with Crippen LogP contribution in [-0.2, 0) is 5.75 Å². The average Bonchev–Trinajstić information content (AvgIpc) is 2.76. The molecule has 0 heterocycles. The van der Waals surface area contributed by atoms with Crippen molar-refractivity contribution < 1.29 is 14.3 Å². The highest BCUT2D eigenvalue weighted by molar-refractivity contribution is 7.98. The molecule has 0 fully saturated rings. The fraction of sp³-hybridized carbons (Fsp3) is 0.208. The van der Waals surface area contributed by atoms with Gasteiger partial charge in [0.1, 0.15) is 11.5 Å². The van der Waals surface area contributed by atoms with Crippen LogP contribution in [0, 0.1) is 0 Å². The minimum absolute atomic E-state index is 0.192. The molecule has 0 aliphatic heterocycles. The molecule has 0 aromatic heterocycles. The molecule has 0 aliphatic rings. The zero-order valence-electron chi connectivity index (χ0n) is 17.0. The highest BCUT2D eigenvalue weighted by Gasteiger charge is 2.13. The van der Waals surface area contributed by atoms with Gasteiger partial charge in [0.2, 0.25) is 0 Å². The second-order valence-corrected chi connectivity index (χ2v) is 7.87. The fourth-order valence-electron chi connectivity index (χ4n) is 2.87. The number of carbonyl (C=O) groups excluding carboxylic acids is 1. The number of ether oxygens (including phenoxy) is 2. The number of nitrogens with one attached hydrogen (secondary N) is 1. The van der Waals surface area contributed by atoms with Gasteiger partial charge in [-0.25, -0.2) is 0 Å². The van der Waals surface area contributed by atoms with Crippen LogP contribution in [0.4, 0.5) is 5.69 Å². The quantitative estimate of drug-likeness (QED) is 0.376. The average molecular weight is 442 g/mol. The molecule has 0 radical (unpaired) electrons. The molecular formula is C24H24ClNO3S. The lowest BCUT2D eigenvalue weighted by Crippen LogP contribution is -2.13. The summed E-state index contributed by atoms with van der Waals surface area (Å²) in [5.74, 6) is 1.92. The molecule has 30 heavy (non-hydrogen) atoms. The van der Waals surface area contributed by atoms with E-state index in [9.17, 15) is 4.79 Å². The predicted molar refractivity (Wildman–Crippen MR) is 124 cm³/mol. The Morgan fingerprint density at radius 2 is 1.63 bits per heavy atom. The number of rotatable bonds is 9. The number of halogens is 1. The maximum atomic E-state index is 12.9. The Labute approximate surface area is 186 Å². The van der Waals surface area contributed by atoms with Crippen LogP contribution in [0.1, 0.15) is 29.8 Å². The third-order valence-electron chi connectivity index (χ3n) is 4.27. The molecule has 0 aliphatic carbocycles. The first-order valence-electron chi connectivity index (χ1n) is 9.78. The largest absolute Gasteiger partial charge is 0.494 e. The Kier molecular flexibility index (Phi) is 8.05. The molecule has 0 saturated heterocycles. The van der Waals surface area contributed by atoms with Crippen LogP contribution in [0.25, 0.3) is 0 Å². The topological polar surface area (TPSA) is 47.6 Å². The summed E-state index contributed by atoms with van der Waals surface area (Å²) in [6.07, 6.45) is 0. The summed E-state index contributed by atoms with van der Waals surface area (Å²) in [5, 5.41) is 3.65. The monoisotopic (exact) mass is 441 g/mol. The van der Waals surface area contributed by atoms with Gasteiger partial charge < -0.3 is 14.8 Å². The summed E-state index contributed by atoms with van der Waals surface area (Å²) >= 11 is 7.63. The van der Waals surface area contributed by atoms with Crippen LogP contribution in [0.5, 0.6) is 11.5 Å². The summed E-state index contributed by atoms with van der Waals surface area (Å²) in [5.41, 5.74) is 2.18. The van der Waals surface area contributed by atoms with Gasteiger partial charge in [-0.3, -0.25) is 4.79 Å². The minimum Gasteiger partial charge on any atom is -0.494 e. The van der Waals surface area contributed by atoms with Crippen molar-refractivity contribution in [3.05, 3.63) is 82.9 Å². The highest BCUT2D eigenvalue weighted by Crippen LogP contribution is 2.30. The van der Waals surface area contributed by atoms with Crippen molar-refractivity contribution in [1.82, 2.24) is 0 Å². The van der Waals surface area contributed by atoms with Crippen LogP contribution in [-0.4, -0.2) is 19.1 Å². The standard InChI is InChI=1S/C24H24ClNO3S/c1-3-28-22-14-9-17(15-18(22)16-30-20-12-10-19(25)11-13-20)24(27)26-21-7-5-6-8-23(21)29-4-2/h5-15H,3-4,16H2,1-2H3,(H,26,27). The van der Waals surface area contributed by atoms with Crippen molar-refractivity contribution >= 4 is 35.0 Å². The van der Waals surface area contributed by atoms with E-state index in [1.54, 1.807) is 17.8 Å². The number of para-hydroxylation sites is 2. The van der Waals surface area contributed by atoms with Crippen LogP contribution in [0.3, 0.4) is 0 Å². The zero-order chi connectivity index (χ0) is 21.3. The second kappa shape index (κ2) is 11.0. The Morgan fingerprint density at radius 3 is 2.37 bits per heavy atom. The first-order chi connectivity index (χ1) is 14.6. The summed E-state index contributed by atoms with van der Waals surface area (Å²) in [6.45, 7) is 4.95. The minimum atomic E-state index is -0.192. The van der Waals surface area contributed by atoms with Crippen molar-refractivity contribution in [2.45, 2.75) is 24.5 Å². The normalized spacial score (nSPS) is 10.5. The number of anilines is 1. The molecule has 1 N–H and O–H groups in total. The van der Waals surface area contributed by atoms with Gasteiger partial charge in [-0.1, -0.05) is 23.7 Å². The summed E-state index contributed by atoms with van der Waals surface area (Å²) < 4.78 is 11.4. The van der Waals surface area contributed by atoms with Crippen LogP contribution < -0.4 is 14.8 Å². The number of carbonyl (C=O) groups is 1. The fourth-order valence-corrected chi connectivity index (χ4v) is 3.87.